The number of nitrogens with one attached hydrogen (secondary N) is 3. The molecule has 3 atom stereocenters. The number of carbonyl (C=O) groups is 4. The Morgan fingerprint density at radius 2 is 1.80 bits per heavy atom. The number of aromatic nitrogens is 4. The van der Waals surface area contributed by atoms with E-state index >= 15 is 8.78 Å². The zero-order chi connectivity index (χ0) is 36.6. The Morgan fingerprint density at radius 3 is 2.45 bits per heavy atom. The summed E-state index contributed by atoms with van der Waals surface area (Å²) in [5, 5.41) is 22.8. The highest BCUT2D eigenvalue weighted by Gasteiger charge is 2.46. The lowest BCUT2D eigenvalue weighted by molar-refractivity contribution is -0.139. The summed E-state index contributed by atoms with van der Waals surface area (Å²) in [5.41, 5.74) is -0.188. The maximum atomic E-state index is 15.1. The van der Waals surface area contributed by atoms with Crippen LogP contribution in [0.4, 0.5) is 25.0 Å². The van der Waals surface area contributed by atoms with Gasteiger partial charge in [0.2, 0.25) is 5.91 Å². The number of likely N-dealkylation sites (N-methyl/N-ethyl adjacent to an activating group) is 1. The lowest BCUT2D eigenvalue weighted by Gasteiger charge is -2.45. The van der Waals surface area contributed by atoms with Crippen molar-refractivity contribution < 1.29 is 41.5 Å². The van der Waals surface area contributed by atoms with Gasteiger partial charge in [-0.3, -0.25) is 19.3 Å². The summed E-state index contributed by atoms with van der Waals surface area (Å²) in [4.78, 5) is 57.6. The summed E-state index contributed by atoms with van der Waals surface area (Å²) in [6, 6.07) is 6.60. The summed E-state index contributed by atoms with van der Waals surface area (Å²) in [6.07, 6.45) is 3.02. The molecule has 4 N–H and O–H groups in total. The number of pyridine rings is 1. The van der Waals surface area contributed by atoms with Crippen molar-refractivity contribution in [2.75, 3.05) is 29.8 Å². The van der Waals surface area contributed by atoms with E-state index < -0.39 is 69.2 Å². The first-order valence-corrected chi connectivity index (χ1v) is 17.0. The third kappa shape index (κ3) is 7.11. The molecule has 51 heavy (non-hydrogen) atoms. The fourth-order valence-corrected chi connectivity index (χ4v) is 6.96. The highest BCUT2D eigenvalue weighted by Crippen LogP contribution is 2.30. The maximum absolute atomic E-state index is 15.1. The van der Waals surface area contributed by atoms with Crippen LogP contribution < -0.4 is 20.3 Å². The molecule has 4 amide bonds. The van der Waals surface area contributed by atoms with Gasteiger partial charge in [0.1, 0.15) is 17.7 Å². The average molecular weight is 724 g/mol. The summed E-state index contributed by atoms with van der Waals surface area (Å²) in [6.45, 7) is 2.85. The minimum atomic E-state index is -4.40. The predicted molar refractivity (Wildman–Crippen MR) is 176 cm³/mol. The molecule has 19 heteroatoms. The molecule has 0 aliphatic carbocycles. The van der Waals surface area contributed by atoms with E-state index in [4.69, 9.17) is 0 Å². The van der Waals surface area contributed by atoms with Crippen LogP contribution in [0.1, 0.15) is 28.2 Å². The number of imide groups is 1. The van der Waals surface area contributed by atoms with Gasteiger partial charge in [0.15, 0.2) is 0 Å². The minimum absolute atomic E-state index is 0.150. The van der Waals surface area contributed by atoms with Crippen LogP contribution in [-0.2, 0) is 26.0 Å². The third-order valence-corrected chi connectivity index (χ3v) is 10.0. The largest absolute Gasteiger partial charge is 0.480 e. The van der Waals surface area contributed by atoms with E-state index in [2.05, 4.69) is 25.9 Å². The average Bonchev–Trinajstić information content (AvgIpc) is 3.55. The normalized spacial score (nSPS) is 18.3. The Hall–Kier alpha value is -5.82. The number of aliphatic carboxylic acids is 1. The SMILES string of the molecule is Cc1cn(-c2ccc(S(=O)(=O)Nc3cc(F)c(C(=O)N[C@@H](Cc4ccc(N5C(=O)C6CCNCC6N(C)C5=O)cn4)C(=O)O)cc3F)cc2)nn1. The summed E-state index contributed by atoms with van der Waals surface area (Å²) in [5.74, 6) is -6.18. The molecule has 2 aliphatic rings. The second-order valence-electron chi connectivity index (χ2n) is 12.0. The maximum Gasteiger partial charge on any atom is 0.331 e. The number of hydrogen-bond acceptors (Lipinski definition) is 10. The summed E-state index contributed by atoms with van der Waals surface area (Å²) >= 11 is 0. The zero-order valence-electron chi connectivity index (χ0n) is 27.1. The van der Waals surface area contributed by atoms with Gasteiger partial charge in [0.05, 0.1) is 57.6 Å². The van der Waals surface area contributed by atoms with Gasteiger partial charge in [0, 0.05) is 31.8 Å². The molecule has 0 saturated carbocycles. The highest BCUT2D eigenvalue weighted by atomic mass is 32.2. The number of urea groups is 1. The van der Waals surface area contributed by atoms with Gasteiger partial charge < -0.3 is 20.6 Å². The second-order valence-corrected chi connectivity index (χ2v) is 13.7. The van der Waals surface area contributed by atoms with Crippen molar-refractivity contribution in [3.8, 4) is 5.69 Å². The van der Waals surface area contributed by atoms with Crippen LogP contribution in [0.25, 0.3) is 5.69 Å². The second kappa shape index (κ2) is 13.8. The topological polar surface area (TPSA) is 209 Å². The molecule has 16 nitrogen and oxygen atoms in total. The zero-order valence-corrected chi connectivity index (χ0v) is 27.9. The molecule has 0 bridgehead atoms. The molecule has 0 spiro atoms. The van der Waals surface area contributed by atoms with Crippen LogP contribution in [0.15, 0.2) is 65.8 Å². The molecule has 2 saturated heterocycles. The van der Waals surface area contributed by atoms with Gasteiger partial charge >= 0.3 is 12.0 Å². The number of benzene rings is 2. The molecule has 2 aromatic carbocycles. The number of nitrogens with zero attached hydrogens (tertiary/aromatic N) is 6. The van der Waals surface area contributed by atoms with Gasteiger partial charge in [-0.1, -0.05) is 5.21 Å². The molecule has 2 aromatic heterocycles. The Labute approximate surface area is 289 Å². The van der Waals surface area contributed by atoms with Crippen LogP contribution in [0.2, 0.25) is 0 Å². The molecule has 6 rings (SSSR count). The number of aryl methyl sites for hydroxylation is 1. The number of piperidine rings is 1. The third-order valence-electron chi connectivity index (χ3n) is 8.63. The fraction of sp³-hybridized carbons (Fsp3) is 0.281. The monoisotopic (exact) mass is 723 g/mol. The van der Waals surface area contributed by atoms with Crippen molar-refractivity contribution in [1.82, 2.24) is 35.5 Å². The van der Waals surface area contributed by atoms with E-state index in [9.17, 15) is 32.7 Å². The van der Waals surface area contributed by atoms with Gasteiger partial charge in [-0.15, -0.1) is 5.10 Å². The van der Waals surface area contributed by atoms with Gasteiger partial charge in [-0.2, -0.15) is 0 Å². The Bertz CT molecular complexity index is 2130. The van der Waals surface area contributed by atoms with Gasteiger partial charge in [0.25, 0.3) is 15.9 Å². The number of halogens is 2. The minimum Gasteiger partial charge on any atom is -0.480 e. The van der Waals surface area contributed by atoms with Crippen molar-refractivity contribution >= 4 is 45.2 Å². The molecular formula is C32H31F2N9O7S. The standard InChI is InChI=1S/C32H31F2N9O7S/c1-17-16-42(40-38-17)19-5-7-21(8-6-19)51(49,50)39-26-13-24(33)23(12-25(26)34)29(44)37-27(31(46)47)11-18-3-4-20(14-36-18)43-30(45)22-9-10-35-15-28(22)41(2)32(43)48/h3-8,12-14,16,22,27-28,35,39H,9-11,15H2,1-2H3,(H,37,44)(H,46,47)/t22?,27-,28?/m0/s1. The van der Waals surface area contributed by atoms with Crippen molar-refractivity contribution in [2.24, 2.45) is 5.92 Å². The van der Waals surface area contributed by atoms with E-state index in [1.165, 1.54) is 52.2 Å². The first-order chi connectivity index (χ1) is 24.2. The van der Waals surface area contributed by atoms with Crippen LogP contribution >= 0.6 is 0 Å². The number of carboxylic acids is 1. The molecule has 266 valence electrons. The van der Waals surface area contributed by atoms with Crippen molar-refractivity contribution in [2.45, 2.75) is 36.7 Å². The number of sulfonamides is 1. The Morgan fingerprint density at radius 1 is 1.08 bits per heavy atom. The highest BCUT2D eigenvalue weighted by molar-refractivity contribution is 7.92. The first kappa shape index (κ1) is 35.0. The van der Waals surface area contributed by atoms with E-state index in [0.717, 1.165) is 4.90 Å². The van der Waals surface area contributed by atoms with E-state index in [-0.39, 0.29) is 28.2 Å². The quantitative estimate of drug-likeness (QED) is 0.186. The number of carbonyl (C=O) groups excluding carboxylic acids is 3. The Balaban J connectivity index is 1.12. The molecule has 0 radical (unpaired) electrons. The van der Waals surface area contributed by atoms with Crippen LogP contribution in [0, 0.1) is 24.5 Å². The van der Waals surface area contributed by atoms with E-state index in [0.29, 0.717) is 43.0 Å². The number of hydrogen-bond donors (Lipinski definition) is 4. The van der Waals surface area contributed by atoms with Crippen molar-refractivity contribution in [3.05, 3.63) is 89.5 Å². The van der Waals surface area contributed by atoms with E-state index in [1.54, 1.807) is 20.2 Å². The summed E-state index contributed by atoms with van der Waals surface area (Å²) < 4.78 is 59.4. The number of rotatable bonds is 10. The molecule has 2 aliphatic heterocycles. The number of carboxylic acid groups (broad SMARTS) is 1. The van der Waals surface area contributed by atoms with Crippen molar-refractivity contribution in [3.63, 3.8) is 0 Å². The van der Waals surface area contributed by atoms with Crippen molar-refractivity contribution in [1.29, 1.82) is 0 Å². The molecular weight excluding hydrogens is 692 g/mol. The summed E-state index contributed by atoms with van der Waals surface area (Å²) in [7, 11) is -2.79. The number of anilines is 2. The van der Waals surface area contributed by atoms with Gasteiger partial charge in [-0.25, -0.2) is 36.4 Å². The molecule has 4 aromatic rings. The lowest BCUT2D eigenvalue weighted by atomic mass is 9.88. The predicted octanol–water partition coefficient (Wildman–Crippen LogP) is 1.85. The number of amides is 4. The number of fused-ring (bicyclic) bond motifs is 1. The molecule has 2 unspecified atom stereocenters. The fourth-order valence-electron chi connectivity index (χ4n) is 5.90. The van der Waals surface area contributed by atoms with Crippen LogP contribution in [0.3, 0.4) is 0 Å². The van der Waals surface area contributed by atoms with Crippen LogP contribution in [0.5, 0.6) is 0 Å². The molecule has 2 fully saturated rings. The molecule has 4 heterocycles. The van der Waals surface area contributed by atoms with E-state index in [1.807, 2.05) is 4.72 Å². The van der Waals surface area contributed by atoms with Crippen LogP contribution in [-0.4, -0.2) is 94.4 Å². The first-order valence-electron chi connectivity index (χ1n) is 15.5. The lowest BCUT2D eigenvalue weighted by Crippen LogP contribution is -2.65. The smallest absolute Gasteiger partial charge is 0.331 e. The van der Waals surface area contributed by atoms with Gasteiger partial charge in [-0.05, 0) is 62.4 Å². The Kier molecular flexibility index (Phi) is 9.50.